The smallest absolute Gasteiger partial charge is 0.148 e. The third kappa shape index (κ3) is 3.58. The molecule has 0 aliphatic carbocycles. The third-order valence-corrected chi connectivity index (χ3v) is 9.50. The molecule has 4 heterocycles. The van der Waals surface area contributed by atoms with Crippen LogP contribution in [0.2, 0.25) is 0 Å². The highest BCUT2D eigenvalue weighted by Gasteiger charge is 2.29. The number of anilines is 3. The summed E-state index contributed by atoms with van der Waals surface area (Å²) in [6, 6.07) is 52.2. The van der Waals surface area contributed by atoms with E-state index in [9.17, 15) is 0 Å². The van der Waals surface area contributed by atoms with Gasteiger partial charge in [0.1, 0.15) is 5.82 Å². The summed E-state index contributed by atoms with van der Waals surface area (Å²) in [5, 5.41) is 9.87. The molecule has 4 heteroatoms. The van der Waals surface area contributed by atoms with Crippen molar-refractivity contribution in [3.05, 3.63) is 162 Å². The van der Waals surface area contributed by atoms with Gasteiger partial charge in [-0.05, 0) is 77.0 Å². The van der Waals surface area contributed by atoms with E-state index in [1.54, 1.807) is 0 Å². The van der Waals surface area contributed by atoms with Gasteiger partial charge >= 0.3 is 0 Å². The van der Waals surface area contributed by atoms with Crippen LogP contribution in [0.5, 0.6) is 0 Å². The van der Waals surface area contributed by atoms with Crippen LogP contribution in [0.15, 0.2) is 146 Å². The van der Waals surface area contributed by atoms with Gasteiger partial charge in [-0.25, -0.2) is 4.98 Å². The average Bonchev–Trinajstić information content (AvgIpc) is 3.46. The number of hydrogen-bond acceptors (Lipinski definition) is 3. The maximum atomic E-state index is 5.28. The predicted octanol–water partition coefficient (Wildman–Crippen LogP) is 8.32. The lowest BCUT2D eigenvalue weighted by Gasteiger charge is -2.34. The van der Waals surface area contributed by atoms with Gasteiger partial charge in [-0.2, -0.15) is 0 Å². The normalized spacial score (nSPS) is 13.4. The molecule has 1 N–H and O–H groups in total. The Hall–Kier alpha value is -6.13. The summed E-state index contributed by atoms with van der Waals surface area (Å²) in [6.07, 6.45) is 2.31. The number of benzene rings is 6. The molecule has 0 saturated carbocycles. The lowest BCUT2D eigenvalue weighted by Crippen LogP contribution is -2.44. The molecule has 0 saturated heterocycles. The number of nitrogens with one attached hydrogen (secondary N) is 1. The summed E-state index contributed by atoms with van der Waals surface area (Å²) < 4.78 is 2.37. The Morgan fingerprint density at radius 1 is 0.565 bits per heavy atom. The molecule has 0 spiro atoms. The summed E-state index contributed by atoms with van der Waals surface area (Å²) in [4.78, 5) is 7.60. The van der Waals surface area contributed by atoms with E-state index < -0.39 is 0 Å². The van der Waals surface area contributed by atoms with Crippen LogP contribution in [0, 0.1) is 0 Å². The second kappa shape index (κ2) is 9.68. The average molecular weight is 589 g/mol. The molecule has 216 valence electrons. The summed E-state index contributed by atoms with van der Waals surface area (Å²) in [7, 11) is 0. The Labute approximate surface area is 265 Å². The summed E-state index contributed by atoms with van der Waals surface area (Å²) >= 11 is 0. The molecule has 10 rings (SSSR count). The minimum atomic E-state index is 0.774. The minimum Gasteiger partial charge on any atom is -0.380 e. The number of fused-ring (bicyclic) bond motifs is 7. The highest BCUT2D eigenvalue weighted by atomic mass is 15.2. The van der Waals surface area contributed by atoms with Crippen molar-refractivity contribution in [3.63, 3.8) is 0 Å². The number of hydrogen-bond donors (Lipinski definition) is 1. The second-order valence-electron chi connectivity index (χ2n) is 12.0. The minimum absolute atomic E-state index is 0.774. The fourth-order valence-electron chi connectivity index (χ4n) is 7.49. The summed E-state index contributed by atoms with van der Waals surface area (Å²) in [6.45, 7) is 0.774. The Balaban J connectivity index is 1.23. The van der Waals surface area contributed by atoms with Crippen LogP contribution in [0.4, 0.5) is 17.2 Å². The van der Waals surface area contributed by atoms with Gasteiger partial charge in [0.05, 0.1) is 27.9 Å². The SMILES string of the molecule is C1=c2c3c(nc4ccccc24)N(c2ccccc2)c2ccc(-c4ccc5c(c4)c4ccccc4n5-c4ccccc4)cc2C=3NC1. The van der Waals surface area contributed by atoms with Crippen molar-refractivity contribution in [2.75, 3.05) is 11.4 Å². The standard InChI is InChI=1S/C42H28N4/c1-3-11-29(12-4-1)45-37-18-10-8-16-32(37)34-25-27(19-21-38(34)45)28-20-22-39-35(26-28)41-40-33(23-24-43-41)31-15-7-9-17-36(31)44-42(40)46(39)30-13-5-2-6-14-30/h1-23,25-26,43H,24H2. The Bertz CT molecular complexity index is 2640. The first-order chi connectivity index (χ1) is 22.8. The molecule has 0 radical (unpaired) electrons. The molecule has 2 aliphatic heterocycles. The fourth-order valence-corrected chi connectivity index (χ4v) is 7.49. The van der Waals surface area contributed by atoms with Gasteiger partial charge in [0, 0.05) is 44.9 Å². The monoisotopic (exact) mass is 588 g/mol. The van der Waals surface area contributed by atoms with Gasteiger partial charge in [0.15, 0.2) is 0 Å². The molecule has 0 bridgehead atoms. The molecular formula is C42H28N4. The zero-order valence-electron chi connectivity index (χ0n) is 25.0. The van der Waals surface area contributed by atoms with Crippen molar-refractivity contribution in [1.29, 1.82) is 0 Å². The van der Waals surface area contributed by atoms with E-state index in [-0.39, 0.29) is 0 Å². The van der Waals surface area contributed by atoms with E-state index in [0.29, 0.717) is 0 Å². The van der Waals surface area contributed by atoms with Crippen LogP contribution < -0.4 is 20.7 Å². The maximum absolute atomic E-state index is 5.28. The van der Waals surface area contributed by atoms with Gasteiger partial charge < -0.3 is 9.88 Å². The second-order valence-corrected chi connectivity index (χ2v) is 12.0. The zero-order chi connectivity index (χ0) is 30.2. The summed E-state index contributed by atoms with van der Waals surface area (Å²) in [5.74, 6) is 0.966. The molecule has 0 atom stereocenters. The van der Waals surface area contributed by atoms with E-state index in [1.165, 1.54) is 60.0 Å². The first-order valence-corrected chi connectivity index (χ1v) is 15.8. The van der Waals surface area contributed by atoms with Crippen molar-refractivity contribution in [1.82, 2.24) is 14.9 Å². The predicted molar refractivity (Wildman–Crippen MR) is 190 cm³/mol. The van der Waals surface area contributed by atoms with Crippen LogP contribution in [0.1, 0.15) is 5.56 Å². The number of para-hydroxylation sites is 4. The number of pyridine rings is 1. The molecule has 6 aromatic carbocycles. The molecule has 0 unspecified atom stereocenters. The largest absolute Gasteiger partial charge is 0.380 e. The van der Waals surface area contributed by atoms with Crippen LogP contribution in [-0.2, 0) is 0 Å². The van der Waals surface area contributed by atoms with Gasteiger partial charge in [0.25, 0.3) is 0 Å². The van der Waals surface area contributed by atoms with Crippen molar-refractivity contribution in [2.45, 2.75) is 0 Å². The van der Waals surface area contributed by atoms with Crippen molar-refractivity contribution < 1.29 is 0 Å². The van der Waals surface area contributed by atoms with Gasteiger partial charge in [-0.15, -0.1) is 0 Å². The number of rotatable bonds is 3. The van der Waals surface area contributed by atoms with E-state index in [0.717, 1.165) is 35.0 Å². The highest BCUT2D eigenvalue weighted by molar-refractivity contribution is 6.10. The Morgan fingerprint density at radius 3 is 2.09 bits per heavy atom. The van der Waals surface area contributed by atoms with E-state index >= 15 is 0 Å². The lowest BCUT2D eigenvalue weighted by atomic mass is 9.93. The molecule has 2 aliphatic rings. The quantitative estimate of drug-likeness (QED) is 0.225. The van der Waals surface area contributed by atoms with Crippen LogP contribution in [-0.4, -0.2) is 16.1 Å². The molecule has 0 amide bonds. The molecule has 8 aromatic rings. The third-order valence-electron chi connectivity index (χ3n) is 9.50. The first-order valence-electron chi connectivity index (χ1n) is 15.8. The van der Waals surface area contributed by atoms with Crippen LogP contribution in [0.3, 0.4) is 0 Å². The molecule has 46 heavy (non-hydrogen) atoms. The van der Waals surface area contributed by atoms with Crippen LogP contribution >= 0.6 is 0 Å². The fraction of sp³-hybridized carbons (Fsp3) is 0.0238. The molecule has 2 aromatic heterocycles. The van der Waals surface area contributed by atoms with Crippen molar-refractivity contribution >= 4 is 61.7 Å². The molecule has 0 fully saturated rings. The Kier molecular flexibility index (Phi) is 5.31. The molecular weight excluding hydrogens is 560 g/mol. The van der Waals surface area contributed by atoms with Crippen molar-refractivity contribution in [2.24, 2.45) is 0 Å². The topological polar surface area (TPSA) is 33.1 Å². The lowest BCUT2D eigenvalue weighted by molar-refractivity contribution is 0.989. The van der Waals surface area contributed by atoms with E-state index in [2.05, 4.69) is 166 Å². The molecule has 4 nitrogen and oxygen atoms in total. The zero-order valence-corrected chi connectivity index (χ0v) is 25.0. The van der Waals surface area contributed by atoms with Crippen LogP contribution in [0.25, 0.3) is 61.3 Å². The van der Waals surface area contributed by atoms with E-state index in [1.807, 2.05) is 0 Å². The first kappa shape index (κ1) is 25.2. The van der Waals surface area contributed by atoms with E-state index in [4.69, 9.17) is 4.98 Å². The van der Waals surface area contributed by atoms with Gasteiger partial charge in [-0.1, -0.05) is 91.0 Å². The Morgan fingerprint density at radius 2 is 1.24 bits per heavy atom. The van der Waals surface area contributed by atoms with Gasteiger partial charge in [-0.3, -0.25) is 4.90 Å². The van der Waals surface area contributed by atoms with Crippen molar-refractivity contribution in [3.8, 4) is 16.8 Å². The maximum Gasteiger partial charge on any atom is 0.148 e. The summed E-state index contributed by atoms with van der Waals surface area (Å²) in [5.41, 5.74) is 11.6. The van der Waals surface area contributed by atoms with Gasteiger partial charge in [0.2, 0.25) is 0 Å². The number of aromatic nitrogens is 2. The number of nitrogens with zero attached hydrogens (tertiary/aromatic N) is 3. The highest BCUT2D eigenvalue weighted by Crippen LogP contribution is 2.42.